The first-order valence-electron chi connectivity index (χ1n) is 12.4. The number of nitro groups is 1. The first-order valence-corrected chi connectivity index (χ1v) is 12.4. The molecule has 0 fully saturated rings. The molecule has 0 spiro atoms. The van der Waals surface area contributed by atoms with Gasteiger partial charge in [-0.15, -0.1) is 0 Å². The molecule has 1 unspecified atom stereocenters. The first kappa shape index (κ1) is 25.8. The summed E-state index contributed by atoms with van der Waals surface area (Å²) in [4.78, 5) is 45.3. The highest BCUT2D eigenvalue weighted by molar-refractivity contribution is 5.95. The Morgan fingerprint density at radius 2 is 1.81 bits per heavy atom. The minimum Gasteiger partial charge on any atom is -0.328 e. The molecular formula is C29H30N4O4. The van der Waals surface area contributed by atoms with Gasteiger partial charge in [-0.05, 0) is 62.6 Å². The zero-order valence-electron chi connectivity index (χ0n) is 21.5. The number of aromatic nitrogens is 2. The zero-order chi connectivity index (χ0) is 26.7. The lowest BCUT2D eigenvalue weighted by molar-refractivity contribution is -0.385. The van der Waals surface area contributed by atoms with E-state index in [9.17, 15) is 19.7 Å². The molecule has 37 heavy (non-hydrogen) atoms. The van der Waals surface area contributed by atoms with Crippen LogP contribution in [0, 0.1) is 24.0 Å². The Bertz CT molecular complexity index is 1540. The second-order valence-electron chi connectivity index (χ2n) is 9.15. The van der Waals surface area contributed by atoms with Crippen LogP contribution < -0.4 is 5.56 Å². The number of rotatable bonds is 8. The summed E-state index contributed by atoms with van der Waals surface area (Å²) in [5.41, 5.74) is 2.63. The van der Waals surface area contributed by atoms with Crippen LogP contribution in [0.1, 0.15) is 60.0 Å². The number of para-hydroxylation sites is 1. The van der Waals surface area contributed by atoms with E-state index in [0.29, 0.717) is 47.4 Å². The number of fused-ring (bicyclic) bond motifs is 1. The Morgan fingerprint density at radius 3 is 2.49 bits per heavy atom. The summed E-state index contributed by atoms with van der Waals surface area (Å²) >= 11 is 0. The van der Waals surface area contributed by atoms with E-state index < -0.39 is 11.0 Å². The number of benzene rings is 3. The van der Waals surface area contributed by atoms with E-state index in [0.717, 1.165) is 5.56 Å². The van der Waals surface area contributed by atoms with Gasteiger partial charge >= 0.3 is 0 Å². The van der Waals surface area contributed by atoms with E-state index in [1.165, 1.54) is 6.07 Å². The van der Waals surface area contributed by atoms with Crippen molar-refractivity contribution in [2.45, 2.75) is 46.6 Å². The largest absolute Gasteiger partial charge is 0.328 e. The molecule has 4 aromatic rings. The molecule has 1 aromatic heterocycles. The number of amides is 1. The van der Waals surface area contributed by atoms with Gasteiger partial charge in [0, 0.05) is 23.7 Å². The average molecular weight is 499 g/mol. The van der Waals surface area contributed by atoms with Gasteiger partial charge in [-0.1, -0.05) is 44.2 Å². The van der Waals surface area contributed by atoms with Crippen LogP contribution >= 0.6 is 0 Å². The fraction of sp³-hybridized carbons (Fsp3) is 0.276. The molecule has 1 atom stereocenters. The lowest BCUT2D eigenvalue weighted by Gasteiger charge is -2.32. The topological polar surface area (TPSA) is 98.3 Å². The molecule has 0 aliphatic carbocycles. The Kier molecular flexibility index (Phi) is 7.47. The highest BCUT2D eigenvalue weighted by Crippen LogP contribution is 2.29. The van der Waals surface area contributed by atoms with Gasteiger partial charge in [0.25, 0.3) is 17.2 Å². The lowest BCUT2D eigenvalue weighted by atomic mass is 10.1. The maximum atomic E-state index is 13.8. The Morgan fingerprint density at radius 1 is 1.05 bits per heavy atom. The minimum atomic E-state index is -0.536. The summed E-state index contributed by atoms with van der Waals surface area (Å²) in [6.07, 6.45) is 1.16. The second kappa shape index (κ2) is 10.7. The highest BCUT2D eigenvalue weighted by atomic mass is 16.6. The van der Waals surface area contributed by atoms with Crippen LogP contribution in [0.15, 0.2) is 71.5 Å². The maximum Gasteiger partial charge on any atom is 0.273 e. The molecule has 0 radical (unpaired) electrons. The van der Waals surface area contributed by atoms with Gasteiger partial charge in [0.2, 0.25) is 0 Å². The standard InChI is InChI=1S/C29H30N4O4/c1-5-16-31(28(34)21-15-14-20(4)26(18-21)33(36)37)25(6-2)27-30-24-13-8-7-12-23(24)29(35)32(27)22-11-9-10-19(3)17-22/h7-15,17-18,25H,5-6,16H2,1-4H3. The molecule has 0 saturated carbocycles. The molecule has 3 aromatic carbocycles. The molecular weight excluding hydrogens is 468 g/mol. The third-order valence-corrected chi connectivity index (χ3v) is 6.50. The van der Waals surface area contributed by atoms with Gasteiger partial charge in [0.1, 0.15) is 5.82 Å². The van der Waals surface area contributed by atoms with Crippen LogP contribution in [-0.4, -0.2) is 31.8 Å². The van der Waals surface area contributed by atoms with Crippen LogP contribution in [0.3, 0.4) is 0 Å². The van der Waals surface area contributed by atoms with Crippen molar-refractivity contribution in [3.8, 4) is 5.69 Å². The number of carbonyl (C=O) groups is 1. The molecule has 190 valence electrons. The monoisotopic (exact) mass is 498 g/mol. The number of aryl methyl sites for hydroxylation is 2. The SMILES string of the molecule is CCCN(C(=O)c1ccc(C)c([N+](=O)[O-])c1)C(CC)c1nc2ccccc2c(=O)n1-c1cccc(C)c1. The van der Waals surface area contributed by atoms with Crippen molar-refractivity contribution in [2.75, 3.05) is 6.54 Å². The minimum absolute atomic E-state index is 0.101. The van der Waals surface area contributed by atoms with E-state index in [2.05, 4.69) is 0 Å². The maximum absolute atomic E-state index is 13.8. The summed E-state index contributed by atoms with van der Waals surface area (Å²) in [7, 11) is 0. The van der Waals surface area contributed by atoms with Crippen molar-refractivity contribution in [1.82, 2.24) is 14.5 Å². The Labute approximate surface area is 215 Å². The fourth-order valence-corrected chi connectivity index (χ4v) is 4.68. The summed E-state index contributed by atoms with van der Waals surface area (Å²) in [6.45, 7) is 7.91. The Balaban J connectivity index is 1.94. The third-order valence-electron chi connectivity index (χ3n) is 6.50. The molecule has 0 N–H and O–H groups in total. The molecule has 0 aliphatic rings. The number of nitrogens with zero attached hydrogens (tertiary/aromatic N) is 4. The number of hydrogen-bond acceptors (Lipinski definition) is 5. The summed E-state index contributed by atoms with van der Waals surface area (Å²) in [6, 6.07) is 18.8. The van der Waals surface area contributed by atoms with Crippen LogP contribution in [0.25, 0.3) is 16.6 Å². The number of hydrogen-bond donors (Lipinski definition) is 0. The number of nitro benzene ring substituents is 1. The van der Waals surface area contributed by atoms with Crippen molar-refractivity contribution in [3.05, 3.63) is 110 Å². The summed E-state index contributed by atoms with van der Waals surface area (Å²) < 4.78 is 1.59. The molecule has 0 saturated heterocycles. The highest BCUT2D eigenvalue weighted by Gasteiger charge is 2.30. The predicted molar refractivity (Wildman–Crippen MR) is 144 cm³/mol. The molecule has 0 aliphatic heterocycles. The fourth-order valence-electron chi connectivity index (χ4n) is 4.68. The van der Waals surface area contributed by atoms with Gasteiger partial charge < -0.3 is 4.90 Å². The van der Waals surface area contributed by atoms with Crippen LogP contribution in [0.4, 0.5) is 5.69 Å². The average Bonchev–Trinajstić information content (AvgIpc) is 2.88. The zero-order valence-corrected chi connectivity index (χ0v) is 21.5. The van der Waals surface area contributed by atoms with E-state index in [-0.39, 0.29) is 22.7 Å². The molecule has 4 rings (SSSR count). The van der Waals surface area contributed by atoms with E-state index in [1.54, 1.807) is 46.7 Å². The predicted octanol–water partition coefficient (Wildman–Crippen LogP) is 5.91. The van der Waals surface area contributed by atoms with Crippen molar-refractivity contribution in [2.24, 2.45) is 0 Å². The van der Waals surface area contributed by atoms with Crippen LogP contribution in [0.2, 0.25) is 0 Å². The smallest absolute Gasteiger partial charge is 0.273 e. The molecule has 0 bridgehead atoms. The van der Waals surface area contributed by atoms with Gasteiger partial charge in [0.05, 0.1) is 27.6 Å². The first-order chi connectivity index (χ1) is 17.8. The summed E-state index contributed by atoms with van der Waals surface area (Å²) in [5, 5.41) is 12.0. The normalized spacial score (nSPS) is 11.9. The second-order valence-corrected chi connectivity index (χ2v) is 9.15. The molecule has 1 amide bonds. The van der Waals surface area contributed by atoms with E-state index >= 15 is 0 Å². The Hall–Kier alpha value is -4.33. The third kappa shape index (κ3) is 5.00. The number of carbonyl (C=O) groups excluding carboxylic acids is 1. The van der Waals surface area contributed by atoms with E-state index in [4.69, 9.17) is 4.98 Å². The van der Waals surface area contributed by atoms with Crippen molar-refractivity contribution >= 4 is 22.5 Å². The van der Waals surface area contributed by atoms with Crippen molar-refractivity contribution in [1.29, 1.82) is 0 Å². The quantitative estimate of drug-likeness (QED) is 0.222. The van der Waals surface area contributed by atoms with Gasteiger partial charge in [-0.2, -0.15) is 0 Å². The van der Waals surface area contributed by atoms with Crippen molar-refractivity contribution in [3.63, 3.8) is 0 Å². The van der Waals surface area contributed by atoms with Gasteiger partial charge in [0.15, 0.2) is 0 Å². The molecule has 1 heterocycles. The van der Waals surface area contributed by atoms with Crippen LogP contribution in [0.5, 0.6) is 0 Å². The van der Waals surface area contributed by atoms with Crippen molar-refractivity contribution < 1.29 is 9.72 Å². The molecule has 8 heteroatoms. The molecule has 8 nitrogen and oxygen atoms in total. The van der Waals surface area contributed by atoms with Gasteiger partial charge in [-0.3, -0.25) is 24.3 Å². The van der Waals surface area contributed by atoms with Crippen LogP contribution in [-0.2, 0) is 0 Å². The van der Waals surface area contributed by atoms with E-state index in [1.807, 2.05) is 51.1 Å². The lowest BCUT2D eigenvalue weighted by Crippen LogP contribution is -2.39. The summed E-state index contributed by atoms with van der Waals surface area (Å²) in [5.74, 6) is 0.121. The van der Waals surface area contributed by atoms with Gasteiger partial charge in [-0.25, -0.2) is 4.98 Å².